The van der Waals surface area contributed by atoms with Crippen molar-refractivity contribution in [2.75, 3.05) is 52.9 Å². The third-order valence-electron chi connectivity index (χ3n) is 4.04. The van der Waals surface area contributed by atoms with E-state index in [1.165, 1.54) is 0 Å². The summed E-state index contributed by atoms with van der Waals surface area (Å²) in [6.07, 6.45) is 3.76. The topological polar surface area (TPSA) is 95.8 Å². The molecular formula is C18H36O8. The maximum absolute atomic E-state index is 8.68. The van der Waals surface area contributed by atoms with Gasteiger partial charge in [-0.1, -0.05) is 0 Å². The van der Waals surface area contributed by atoms with Crippen molar-refractivity contribution in [1.82, 2.24) is 0 Å². The smallest absolute Gasteiger partial charge is 0.155 e. The first-order chi connectivity index (χ1) is 12.7. The summed E-state index contributed by atoms with van der Waals surface area (Å²) in [5, 5.41) is 17.4. The van der Waals surface area contributed by atoms with Gasteiger partial charge < -0.3 is 38.6 Å². The lowest BCUT2D eigenvalue weighted by atomic mass is 9.95. The van der Waals surface area contributed by atoms with Crippen LogP contribution >= 0.6 is 0 Å². The number of ether oxygens (including phenoxy) is 6. The molecule has 4 unspecified atom stereocenters. The lowest BCUT2D eigenvalue weighted by molar-refractivity contribution is -0.155. The Balaban J connectivity index is 2.03. The van der Waals surface area contributed by atoms with Crippen LogP contribution in [0.3, 0.4) is 0 Å². The van der Waals surface area contributed by atoms with Crippen molar-refractivity contribution < 1.29 is 38.6 Å². The van der Waals surface area contributed by atoms with Gasteiger partial charge in [0.2, 0.25) is 0 Å². The Labute approximate surface area is 156 Å². The standard InChI is InChI=1S/C18H36O8/c1-15(21-8-6-19)23-10-12-25-17-4-3-5-18(14-17)26-13-11-24-16(2)22-9-7-20/h15-20H,3-14H2,1-2H3. The predicted octanol–water partition coefficient (Wildman–Crippen LogP) is 1.07. The van der Waals surface area contributed by atoms with E-state index in [1.807, 2.05) is 0 Å². The summed E-state index contributed by atoms with van der Waals surface area (Å²) in [4.78, 5) is 0. The SMILES string of the molecule is CC(OCCO)OCCOC1CCCC(OCCOC(C)OCCO)C1. The fraction of sp³-hybridized carbons (Fsp3) is 1.00. The van der Waals surface area contributed by atoms with Crippen LogP contribution < -0.4 is 0 Å². The maximum atomic E-state index is 8.68. The van der Waals surface area contributed by atoms with Crippen molar-refractivity contribution in [3.05, 3.63) is 0 Å². The Morgan fingerprint density at radius 1 is 0.692 bits per heavy atom. The van der Waals surface area contributed by atoms with Gasteiger partial charge in [-0.25, -0.2) is 0 Å². The second kappa shape index (κ2) is 15.7. The molecule has 0 aromatic carbocycles. The fourth-order valence-corrected chi connectivity index (χ4v) is 2.80. The van der Waals surface area contributed by atoms with Crippen molar-refractivity contribution in [3.8, 4) is 0 Å². The van der Waals surface area contributed by atoms with Crippen LogP contribution in [0, 0.1) is 0 Å². The Hall–Kier alpha value is -0.320. The van der Waals surface area contributed by atoms with E-state index in [-0.39, 0.29) is 51.2 Å². The maximum Gasteiger partial charge on any atom is 0.155 e. The number of rotatable bonds is 16. The van der Waals surface area contributed by atoms with Gasteiger partial charge in [-0.05, 0) is 39.5 Å². The van der Waals surface area contributed by atoms with Crippen LogP contribution in [0.2, 0.25) is 0 Å². The molecule has 0 aromatic heterocycles. The first kappa shape index (κ1) is 23.7. The molecule has 0 radical (unpaired) electrons. The lowest BCUT2D eigenvalue weighted by Gasteiger charge is -2.29. The molecule has 4 atom stereocenters. The van der Waals surface area contributed by atoms with Crippen LogP contribution in [-0.2, 0) is 28.4 Å². The van der Waals surface area contributed by atoms with Crippen LogP contribution in [0.15, 0.2) is 0 Å². The van der Waals surface area contributed by atoms with Crippen LogP contribution in [-0.4, -0.2) is 87.9 Å². The van der Waals surface area contributed by atoms with Gasteiger partial charge in [0.25, 0.3) is 0 Å². The molecule has 0 spiro atoms. The summed E-state index contributed by atoms with van der Waals surface area (Å²) < 4.78 is 33.1. The molecule has 1 saturated carbocycles. The zero-order valence-electron chi connectivity index (χ0n) is 16.1. The summed E-state index contributed by atoms with van der Waals surface area (Å²) >= 11 is 0. The Bertz CT molecular complexity index is 290. The second-order valence-corrected chi connectivity index (χ2v) is 6.22. The van der Waals surface area contributed by atoms with Gasteiger partial charge in [0.05, 0.1) is 65.1 Å². The highest BCUT2D eigenvalue weighted by Crippen LogP contribution is 2.23. The lowest BCUT2D eigenvalue weighted by Crippen LogP contribution is -2.30. The molecule has 0 saturated heterocycles. The molecule has 1 aliphatic carbocycles. The van der Waals surface area contributed by atoms with Gasteiger partial charge in [-0.15, -0.1) is 0 Å². The van der Waals surface area contributed by atoms with Gasteiger partial charge >= 0.3 is 0 Å². The highest BCUT2D eigenvalue weighted by molar-refractivity contribution is 4.74. The minimum absolute atomic E-state index is 0.00665. The van der Waals surface area contributed by atoms with Gasteiger partial charge in [-0.3, -0.25) is 0 Å². The summed E-state index contributed by atoms with van der Waals surface area (Å²) in [5.41, 5.74) is 0. The first-order valence-corrected chi connectivity index (χ1v) is 9.57. The van der Waals surface area contributed by atoms with E-state index in [0.717, 1.165) is 25.7 Å². The van der Waals surface area contributed by atoms with Crippen LogP contribution in [0.1, 0.15) is 39.5 Å². The van der Waals surface area contributed by atoms with Crippen molar-refractivity contribution >= 4 is 0 Å². The van der Waals surface area contributed by atoms with E-state index in [4.69, 9.17) is 38.6 Å². The normalized spacial score (nSPS) is 23.1. The van der Waals surface area contributed by atoms with E-state index >= 15 is 0 Å². The average Bonchev–Trinajstić information content (AvgIpc) is 2.65. The second-order valence-electron chi connectivity index (χ2n) is 6.22. The van der Waals surface area contributed by atoms with Crippen LogP contribution in [0.4, 0.5) is 0 Å². The Morgan fingerprint density at radius 2 is 1.12 bits per heavy atom. The zero-order valence-corrected chi connectivity index (χ0v) is 16.1. The molecule has 1 aliphatic rings. The predicted molar refractivity (Wildman–Crippen MR) is 94.9 cm³/mol. The zero-order chi connectivity index (χ0) is 19.0. The largest absolute Gasteiger partial charge is 0.394 e. The average molecular weight is 380 g/mol. The number of hydrogen-bond donors (Lipinski definition) is 2. The van der Waals surface area contributed by atoms with Crippen molar-refractivity contribution in [2.24, 2.45) is 0 Å². The van der Waals surface area contributed by atoms with Crippen LogP contribution in [0.25, 0.3) is 0 Å². The molecular weight excluding hydrogens is 344 g/mol. The molecule has 8 nitrogen and oxygen atoms in total. The highest BCUT2D eigenvalue weighted by Gasteiger charge is 2.23. The molecule has 1 fully saturated rings. The highest BCUT2D eigenvalue weighted by atomic mass is 16.7. The minimum Gasteiger partial charge on any atom is -0.394 e. The van der Waals surface area contributed by atoms with E-state index in [2.05, 4.69) is 0 Å². The summed E-state index contributed by atoms with van der Waals surface area (Å²) in [6.45, 7) is 6.12. The fourth-order valence-electron chi connectivity index (χ4n) is 2.80. The quantitative estimate of drug-likeness (QED) is 0.303. The van der Waals surface area contributed by atoms with E-state index in [9.17, 15) is 0 Å². The molecule has 26 heavy (non-hydrogen) atoms. The summed E-state index contributed by atoms with van der Waals surface area (Å²) in [6, 6.07) is 0. The van der Waals surface area contributed by atoms with E-state index in [0.29, 0.717) is 26.4 Å². The first-order valence-electron chi connectivity index (χ1n) is 9.57. The number of hydrogen-bond acceptors (Lipinski definition) is 8. The van der Waals surface area contributed by atoms with Gasteiger partial charge in [0, 0.05) is 0 Å². The van der Waals surface area contributed by atoms with Gasteiger partial charge in [0.15, 0.2) is 12.6 Å². The Kier molecular flexibility index (Phi) is 14.3. The van der Waals surface area contributed by atoms with E-state index in [1.54, 1.807) is 13.8 Å². The summed E-state index contributed by atoms with van der Waals surface area (Å²) in [7, 11) is 0. The van der Waals surface area contributed by atoms with Gasteiger partial charge in [0.1, 0.15) is 0 Å². The molecule has 1 rings (SSSR count). The Morgan fingerprint density at radius 3 is 1.54 bits per heavy atom. The monoisotopic (exact) mass is 380 g/mol. The van der Waals surface area contributed by atoms with Crippen molar-refractivity contribution in [2.45, 2.75) is 64.3 Å². The third-order valence-corrected chi connectivity index (χ3v) is 4.04. The molecule has 0 heterocycles. The molecule has 156 valence electrons. The molecule has 2 N–H and O–H groups in total. The molecule has 0 aromatic rings. The third kappa shape index (κ3) is 12.1. The number of aliphatic hydroxyl groups is 2. The molecule has 8 heteroatoms. The summed E-state index contributed by atoms with van der Waals surface area (Å²) in [5.74, 6) is 0. The van der Waals surface area contributed by atoms with Crippen molar-refractivity contribution in [1.29, 1.82) is 0 Å². The van der Waals surface area contributed by atoms with Crippen LogP contribution in [0.5, 0.6) is 0 Å². The van der Waals surface area contributed by atoms with Gasteiger partial charge in [-0.2, -0.15) is 0 Å². The molecule has 0 amide bonds. The molecule has 0 aliphatic heterocycles. The van der Waals surface area contributed by atoms with E-state index < -0.39 is 0 Å². The number of aliphatic hydroxyl groups excluding tert-OH is 2. The van der Waals surface area contributed by atoms with Crippen molar-refractivity contribution in [3.63, 3.8) is 0 Å². The minimum atomic E-state index is -0.336. The molecule has 0 bridgehead atoms.